The van der Waals surface area contributed by atoms with E-state index in [1.807, 2.05) is 20.8 Å². The highest BCUT2D eigenvalue weighted by Gasteiger charge is 2.30. The van der Waals surface area contributed by atoms with Crippen LogP contribution in [-0.2, 0) is 9.47 Å². The summed E-state index contributed by atoms with van der Waals surface area (Å²) in [6.45, 7) is 9.27. The third kappa shape index (κ3) is 7.25. The van der Waals surface area contributed by atoms with Crippen molar-refractivity contribution >= 4 is 17.7 Å². The average molecular weight is 590 g/mol. The highest BCUT2D eigenvalue weighted by Crippen LogP contribution is 2.37. The van der Waals surface area contributed by atoms with E-state index in [1.165, 1.54) is 0 Å². The van der Waals surface area contributed by atoms with Crippen molar-refractivity contribution in [2.24, 2.45) is 0 Å². The van der Waals surface area contributed by atoms with Crippen LogP contribution < -0.4 is 14.8 Å². The number of aryl methyl sites for hydroxylation is 2. The topological polar surface area (TPSA) is 141 Å². The van der Waals surface area contributed by atoms with E-state index in [2.05, 4.69) is 10.5 Å². The van der Waals surface area contributed by atoms with E-state index in [0.29, 0.717) is 77.1 Å². The standard InChI is InChI=1S/C28H36ClN5O7/c1-6-38-28(36)34-9-10-37-13-19(34)14-40-27-16(2)25(24-17(3)33-41-18(24)4)31-26(32-27)22-11-21(7-8-23(22)29)39-15-20(35)12-30-5/h7-8,11,19-20,30,35H,6,9-10,12-15H2,1-5H3/t19-,20-/m1/s1. The van der Waals surface area contributed by atoms with E-state index < -0.39 is 12.2 Å². The zero-order valence-electron chi connectivity index (χ0n) is 23.9. The van der Waals surface area contributed by atoms with Crippen molar-refractivity contribution in [2.75, 3.05) is 53.2 Å². The summed E-state index contributed by atoms with van der Waals surface area (Å²) in [6.07, 6.45) is -1.09. The fourth-order valence-electron chi connectivity index (χ4n) is 4.49. The molecular formula is C28H36ClN5O7. The first-order chi connectivity index (χ1) is 19.7. The first-order valence-electron chi connectivity index (χ1n) is 13.4. The van der Waals surface area contributed by atoms with Crippen molar-refractivity contribution in [1.82, 2.24) is 25.3 Å². The number of hydrogen-bond acceptors (Lipinski definition) is 11. The number of nitrogens with one attached hydrogen (secondary N) is 1. The molecule has 0 unspecified atom stereocenters. The quantitative estimate of drug-likeness (QED) is 0.339. The molecule has 0 bridgehead atoms. The van der Waals surface area contributed by atoms with Gasteiger partial charge in [-0.1, -0.05) is 16.8 Å². The number of aliphatic hydroxyl groups excluding tert-OH is 1. The molecule has 41 heavy (non-hydrogen) atoms. The van der Waals surface area contributed by atoms with Crippen molar-refractivity contribution in [3.8, 4) is 34.3 Å². The van der Waals surface area contributed by atoms with Gasteiger partial charge in [0.1, 0.15) is 30.8 Å². The number of hydrogen-bond donors (Lipinski definition) is 2. The van der Waals surface area contributed by atoms with E-state index in [4.69, 9.17) is 45.0 Å². The van der Waals surface area contributed by atoms with Crippen LogP contribution in [-0.4, -0.2) is 96.5 Å². The molecule has 222 valence electrons. The third-order valence-electron chi connectivity index (χ3n) is 6.57. The van der Waals surface area contributed by atoms with Gasteiger partial charge in [-0.2, -0.15) is 4.98 Å². The van der Waals surface area contributed by atoms with Crippen molar-refractivity contribution in [3.63, 3.8) is 0 Å². The molecule has 1 saturated heterocycles. The molecule has 2 N–H and O–H groups in total. The Morgan fingerprint density at radius 1 is 1.27 bits per heavy atom. The highest BCUT2D eigenvalue weighted by molar-refractivity contribution is 6.33. The molecule has 0 saturated carbocycles. The van der Waals surface area contributed by atoms with E-state index in [9.17, 15) is 9.90 Å². The largest absolute Gasteiger partial charge is 0.491 e. The molecule has 0 radical (unpaired) electrons. The minimum Gasteiger partial charge on any atom is -0.491 e. The Balaban J connectivity index is 1.70. The molecule has 4 rings (SSSR count). The first-order valence-corrected chi connectivity index (χ1v) is 13.8. The van der Waals surface area contributed by atoms with Crippen molar-refractivity contribution in [3.05, 3.63) is 40.2 Å². The molecule has 2 atom stereocenters. The molecule has 0 spiro atoms. The van der Waals surface area contributed by atoms with Crippen LogP contribution in [0.3, 0.4) is 0 Å². The summed E-state index contributed by atoms with van der Waals surface area (Å²) in [5, 5.41) is 17.5. The van der Waals surface area contributed by atoms with Gasteiger partial charge in [0, 0.05) is 24.2 Å². The van der Waals surface area contributed by atoms with E-state index in [0.717, 1.165) is 5.56 Å². The van der Waals surface area contributed by atoms with Gasteiger partial charge in [-0.15, -0.1) is 0 Å². The number of rotatable bonds is 11. The van der Waals surface area contributed by atoms with Crippen molar-refractivity contribution in [1.29, 1.82) is 0 Å². The van der Waals surface area contributed by atoms with Crippen LogP contribution in [0, 0.1) is 20.8 Å². The van der Waals surface area contributed by atoms with Crippen LogP contribution in [0.5, 0.6) is 11.6 Å². The second-order valence-electron chi connectivity index (χ2n) is 9.62. The molecule has 12 nitrogen and oxygen atoms in total. The zero-order valence-corrected chi connectivity index (χ0v) is 24.7. The Morgan fingerprint density at radius 2 is 2.07 bits per heavy atom. The van der Waals surface area contributed by atoms with Gasteiger partial charge < -0.3 is 33.9 Å². The summed E-state index contributed by atoms with van der Waals surface area (Å²) in [4.78, 5) is 23.7. The van der Waals surface area contributed by atoms with Crippen molar-refractivity contribution < 1.29 is 33.4 Å². The Morgan fingerprint density at radius 3 is 2.78 bits per heavy atom. The van der Waals surface area contributed by atoms with E-state index in [-0.39, 0.29) is 25.9 Å². The summed E-state index contributed by atoms with van der Waals surface area (Å²) < 4.78 is 28.3. The number of carbonyl (C=O) groups excluding carboxylic acids is 1. The van der Waals surface area contributed by atoms with Gasteiger partial charge >= 0.3 is 6.09 Å². The Hall–Kier alpha value is -3.45. The molecule has 1 fully saturated rings. The SMILES string of the molecule is CCOC(=O)N1CCOC[C@@H]1COc1nc(-c2cc(OC[C@H](O)CNC)ccc2Cl)nc(-c2c(C)noc2C)c1C. The zero-order chi connectivity index (χ0) is 29.5. The summed E-state index contributed by atoms with van der Waals surface area (Å²) >= 11 is 6.62. The number of likely N-dealkylation sites (N-methyl/N-ethyl adjacent to an activating group) is 1. The summed E-state index contributed by atoms with van der Waals surface area (Å²) in [6, 6.07) is 4.75. The monoisotopic (exact) mass is 589 g/mol. The lowest BCUT2D eigenvalue weighted by Crippen LogP contribution is -2.51. The van der Waals surface area contributed by atoms with Crippen LogP contribution in [0.4, 0.5) is 4.79 Å². The summed E-state index contributed by atoms with van der Waals surface area (Å²) in [5.74, 6) is 1.70. The van der Waals surface area contributed by atoms with Gasteiger partial charge in [-0.25, -0.2) is 9.78 Å². The van der Waals surface area contributed by atoms with Gasteiger partial charge in [0.05, 0.1) is 47.8 Å². The summed E-state index contributed by atoms with van der Waals surface area (Å²) in [5.41, 5.74) is 3.15. The lowest BCUT2D eigenvalue weighted by atomic mass is 10.1. The molecule has 3 aromatic rings. The molecule has 13 heteroatoms. The number of nitrogens with zero attached hydrogens (tertiary/aromatic N) is 4. The second kappa shape index (κ2) is 13.9. The normalized spacial score (nSPS) is 16.0. The molecule has 0 aliphatic carbocycles. The Bertz CT molecular complexity index is 1330. The fourth-order valence-corrected chi connectivity index (χ4v) is 4.69. The maximum absolute atomic E-state index is 12.5. The van der Waals surface area contributed by atoms with Crippen molar-refractivity contribution in [2.45, 2.75) is 39.8 Å². The van der Waals surface area contributed by atoms with Gasteiger partial charge in [-0.3, -0.25) is 4.90 Å². The van der Waals surface area contributed by atoms with Crippen LogP contribution in [0.15, 0.2) is 22.7 Å². The Labute approximate surface area is 243 Å². The second-order valence-corrected chi connectivity index (χ2v) is 10.0. The van der Waals surface area contributed by atoms with E-state index in [1.54, 1.807) is 37.1 Å². The number of aliphatic hydroxyl groups is 1. The van der Waals surface area contributed by atoms with E-state index >= 15 is 0 Å². The first kappa shape index (κ1) is 30.5. The number of halogens is 1. The minimum absolute atomic E-state index is 0.0930. The smallest absolute Gasteiger partial charge is 0.410 e. The number of benzene rings is 1. The lowest BCUT2D eigenvalue weighted by Gasteiger charge is -2.34. The van der Waals surface area contributed by atoms with Gasteiger partial charge in [0.2, 0.25) is 5.88 Å². The number of morpholine rings is 1. The number of amides is 1. The molecule has 1 aromatic carbocycles. The minimum atomic E-state index is -0.682. The molecular weight excluding hydrogens is 554 g/mol. The Kier molecular flexibility index (Phi) is 10.4. The molecule has 1 aliphatic heterocycles. The lowest BCUT2D eigenvalue weighted by molar-refractivity contribution is -0.0221. The maximum atomic E-state index is 12.5. The van der Waals surface area contributed by atoms with Gasteiger partial charge in [0.15, 0.2) is 5.82 Å². The van der Waals surface area contributed by atoms with Crippen LogP contribution in [0.1, 0.15) is 23.9 Å². The fraction of sp³-hybridized carbons (Fsp3) is 0.500. The third-order valence-corrected chi connectivity index (χ3v) is 6.90. The maximum Gasteiger partial charge on any atom is 0.410 e. The van der Waals surface area contributed by atoms with Crippen LogP contribution in [0.2, 0.25) is 5.02 Å². The van der Waals surface area contributed by atoms with Gasteiger partial charge in [0.25, 0.3) is 0 Å². The molecule has 2 aromatic heterocycles. The number of ether oxygens (including phenoxy) is 4. The van der Waals surface area contributed by atoms with Crippen LogP contribution >= 0.6 is 11.6 Å². The summed E-state index contributed by atoms with van der Waals surface area (Å²) in [7, 11) is 1.75. The number of aromatic nitrogens is 3. The van der Waals surface area contributed by atoms with Crippen LogP contribution in [0.25, 0.3) is 22.6 Å². The number of carbonyl (C=O) groups is 1. The molecule has 1 aliphatic rings. The average Bonchev–Trinajstić information content (AvgIpc) is 3.29. The predicted molar refractivity (Wildman–Crippen MR) is 151 cm³/mol. The molecule has 3 heterocycles. The van der Waals surface area contributed by atoms with Gasteiger partial charge in [-0.05, 0) is 52.9 Å². The molecule has 1 amide bonds. The highest BCUT2D eigenvalue weighted by atomic mass is 35.5. The predicted octanol–water partition coefficient (Wildman–Crippen LogP) is 3.57.